The molecule has 446 valence electrons. The highest BCUT2D eigenvalue weighted by Gasteiger charge is 2.50. The van der Waals surface area contributed by atoms with Crippen molar-refractivity contribution in [1.29, 1.82) is 0 Å². The molecule has 0 bridgehead atoms. The maximum absolute atomic E-state index is 13.1. The summed E-state index contributed by atoms with van der Waals surface area (Å²) < 4.78 is 28.3. The van der Waals surface area contributed by atoms with Crippen LogP contribution in [0.2, 0.25) is 0 Å². The molecule has 1 heterocycles. The van der Waals surface area contributed by atoms with Crippen LogP contribution < -0.4 is 0 Å². The number of carbonyl (C=O) groups is 4. The lowest BCUT2D eigenvalue weighted by atomic mass is 9.98. The van der Waals surface area contributed by atoms with Crippen molar-refractivity contribution in [2.75, 3.05) is 13.2 Å². The minimum absolute atomic E-state index is 0.0453. The summed E-state index contributed by atoms with van der Waals surface area (Å²) in [5.41, 5.74) is 0. The largest absolute Gasteiger partial charge is 0.479 e. The highest BCUT2D eigenvalue weighted by atomic mass is 16.7. The van der Waals surface area contributed by atoms with Crippen molar-refractivity contribution in [2.45, 2.75) is 263 Å². The number of unbranched alkanes of at least 4 members (excludes halogenated alkanes) is 16. The monoisotopic (exact) mass is 1100 g/mol. The number of hydrogen-bond acceptors (Lipinski definition) is 11. The van der Waals surface area contributed by atoms with E-state index in [-0.39, 0.29) is 25.9 Å². The Morgan fingerprint density at radius 1 is 0.430 bits per heavy atom. The van der Waals surface area contributed by atoms with Crippen molar-refractivity contribution in [1.82, 2.24) is 0 Å². The second-order valence-corrected chi connectivity index (χ2v) is 20.2. The summed E-state index contributed by atoms with van der Waals surface area (Å²) in [6.45, 7) is 5.66. The highest BCUT2D eigenvalue weighted by molar-refractivity contribution is 5.74. The van der Waals surface area contributed by atoms with E-state index in [1.165, 1.54) is 64.2 Å². The third kappa shape index (κ3) is 43.6. The molecule has 0 radical (unpaired) electrons. The molecular formula is C67H106O12. The molecule has 1 rings (SSSR count). The molecule has 1 fully saturated rings. The van der Waals surface area contributed by atoms with E-state index in [1.54, 1.807) is 0 Å². The fourth-order valence-corrected chi connectivity index (χ4v) is 8.44. The van der Waals surface area contributed by atoms with Gasteiger partial charge >= 0.3 is 23.9 Å². The Balaban J connectivity index is 2.76. The summed E-state index contributed by atoms with van der Waals surface area (Å²) in [5, 5.41) is 31.5. The van der Waals surface area contributed by atoms with Crippen molar-refractivity contribution in [3.8, 4) is 0 Å². The van der Waals surface area contributed by atoms with E-state index in [1.807, 2.05) is 12.2 Å². The zero-order chi connectivity index (χ0) is 57.5. The number of esters is 3. The van der Waals surface area contributed by atoms with Gasteiger partial charge in [-0.3, -0.25) is 14.4 Å². The lowest BCUT2D eigenvalue weighted by Gasteiger charge is -2.40. The minimum Gasteiger partial charge on any atom is -0.479 e. The van der Waals surface area contributed by atoms with Crippen LogP contribution in [0.25, 0.3) is 0 Å². The molecule has 1 saturated heterocycles. The third-order valence-electron chi connectivity index (χ3n) is 13.0. The fraction of sp³-hybridized carbons (Fsp3) is 0.642. The lowest BCUT2D eigenvalue weighted by molar-refractivity contribution is -0.301. The van der Waals surface area contributed by atoms with Crippen LogP contribution in [0.3, 0.4) is 0 Å². The van der Waals surface area contributed by atoms with E-state index in [2.05, 4.69) is 130 Å². The number of carbonyl (C=O) groups excluding carboxylic acids is 3. The Bertz CT molecular complexity index is 1840. The first-order chi connectivity index (χ1) is 38.6. The quantitative estimate of drug-likeness (QED) is 0.0228. The van der Waals surface area contributed by atoms with E-state index in [0.29, 0.717) is 19.3 Å². The summed E-state index contributed by atoms with van der Waals surface area (Å²) in [6, 6.07) is 0. The molecular weight excluding hydrogens is 997 g/mol. The third-order valence-corrected chi connectivity index (χ3v) is 13.0. The molecule has 3 N–H and O–H groups in total. The van der Waals surface area contributed by atoms with E-state index in [4.69, 9.17) is 23.7 Å². The average Bonchev–Trinajstić information content (AvgIpc) is 3.46. The first kappa shape index (κ1) is 72.1. The predicted molar refractivity (Wildman–Crippen MR) is 321 cm³/mol. The SMILES string of the molecule is CC/C=C\C/C=C\C/C=C\C/C=C\C/C=C\C/C=C\CCC(=O)OCC(COC1OC(C(=O)O)C(O)C(O)C1OC(=O)CCCCCCCCCCCCCCCCC)OC(=O)CCCC/C=C\C/C=C\C/C=C\C/C=C\CC. The Labute approximate surface area is 478 Å². The summed E-state index contributed by atoms with van der Waals surface area (Å²) in [6.07, 6.45) is 61.8. The zero-order valence-electron chi connectivity index (χ0n) is 49.1. The van der Waals surface area contributed by atoms with E-state index < -0.39 is 67.3 Å². The van der Waals surface area contributed by atoms with Crippen LogP contribution >= 0.6 is 0 Å². The van der Waals surface area contributed by atoms with E-state index >= 15 is 0 Å². The maximum atomic E-state index is 13.1. The van der Waals surface area contributed by atoms with Crippen molar-refractivity contribution in [3.63, 3.8) is 0 Å². The number of carboxylic acid groups (broad SMARTS) is 1. The van der Waals surface area contributed by atoms with Crippen LogP contribution in [0.4, 0.5) is 0 Å². The van der Waals surface area contributed by atoms with Crippen LogP contribution in [-0.2, 0) is 42.9 Å². The standard InChI is InChI=1S/C67H106O12/c1-4-7-10-13-16-19-22-25-28-29-30-31-34-35-38-41-44-47-50-53-59(68)75-56-58(77-60(69)54-51-48-45-42-39-36-32-26-23-20-17-14-11-8-5-2)57-76-67-65(63(72)62(71)64(79-67)66(73)74)78-61(70)55-52-49-46-43-40-37-33-27-24-21-18-15-12-9-6-3/h7-8,10-11,16-17,19-20,25-26,28,30-32,35,38-39,42,44,47,58,62-65,67,71-72H,4-6,9,12-15,18,21-24,27,29,33-34,36-37,40-41,43,45-46,48-57H2,1-3H3,(H,73,74)/b10-7-,11-8-,19-16-,20-17-,28-25-,31-30-,32-26-,38-35-,42-39-,47-44-. The van der Waals surface area contributed by atoms with Gasteiger partial charge in [-0.2, -0.15) is 0 Å². The van der Waals surface area contributed by atoms with Crippen LogP contribution in [-0.4, -0.2) is 89.2 Å². The second kappa shape index (κ2) is 53.7. The molecule has 0 aromatic carbocycles. The smallest absolute Gasteiger partial charge is 0.335 e. The van der Waals surface area contributed by atoms with Gasteiger partial charge in [0.1, 0.15) is 18.8 Å². The first-order valence-corrected chi connectivity index (χ1v) is 30.5. The molecule has 0 aliphatic carbocycles. The second-order valence-electron chi connectivity index (χ2n) is 20.2. The number of allylic oxidation sites excluding steroid dienone is 20. The van der Waals surface area contributed by atoms with Crippen LogP contribution in [0.1, 0.15) is 226 Å². The highest BCUT2D eigenvalue weighted by Crippen LogP contribution is 2.26. The number of hydrogen-bond donors (Lipinski definition) is 3. The molecule has 0 aromatic rings. The summed E-state index contributed by atoms with van der Waals surface area (Å²) in [5.74, 6) is -3.30. The summed E-state index contributed by atoms with van der Waals surface area (Å²) >= 11 is 0. The molecule has 6 atom stereocenters. The van der Waals surface area contributed by atoms with Gasteiger partial charge in [0.2, 0.25) is 0 Å². The number of ether oxygens (including phenoxy) is 5. The van der Waals surface area contributed by atoms with Gasteiger partial charge in [0.25, 0.3) is 0 Å². The Morgan fingerprint density at radius 2 is 0.823 bits per heavy atom. The molecule has 1 aliphatic rings. The van der Waals surface area contributed by atoms with Gasteiger partial charge in [0.05, 0.1) is 6.61 Å². The first-order valence-electron chi connectivity index (χ1n) is 30.5. The minimum atomic E-state index is -1.92. The molecule has 12 heteroatoms. The molecule has 0 aromatic heterocycles. The Hall–Kier alpha value is -4.88. The normalized spacial score (nSPS) is 18.7. The molecule has 6 unspecified atom stereocenters. The Morgan fingerprint density at radius 3 is 1.27 bits per heavy atom. The molecule has 0 amide bonds. The van der Waals surface area contributed by atoms with Crippen molar-refractivity contribution < 1.29 is 58.2 Å². The number of rotatable bonds is 50. The number of aliphatic carboxylic acids is 1. The summed E-state index contributed by atoms with van der Waals surface area (Å²) in [4.78, 5) is 51.2. The van der Waals surface area contributed by atoms with E-state index in [9.17, 15) is 34.5 Å². The fourth-order valence-electron chi connectivity index (χ4n) is 8.44. The molecule has 1 aliphatic heterocycles. The molecule has 12 nitrogen and oxygen atoms in total. The van der Waals surface area contributed by atoms with Gasteiger partial charge in [-0.1, -0.05) is 232 Å². The number of aliphatic hydroxyl groups is 2. The van der Waals surface area contributed by atoms with Crippen molar-refractivity contribution in [2.24, 2.45) is 0 Å². The van der Waals surface area contributed by atoms with Crippen LogP contribution in [0.15, 0.2) is 122 Å². The van der Waals surface area contributed by atoms with Gasteiger partial charge in [-0.15, -0.1) is 0 Å². The van der Waals surface area contributed by atoms with Gasteiger partial charge in [-0.05, 0) is 96.3 Å². The van der Waals surface area contributed by atoms with Gasteiger partial charge in [0.15, 0.2) is 24.6 Å². The van der Waals surface area contributed by atoms with Gasteiger partial charge in [0, 0.05) is 19.3 Å². The van der Waals surface area contributed by atoms with E-state index in [0.717, 1.165) is 103 Å². The van der Waals surface area contributed by atoms with Crippen LogP contribution in [0.5, 0.6) is 0 Å². The topological polar surface area (TPSA) is 175 Å². The maximum Gasteiger partial charge on any atom is 0.335 e. The predicted octanol–water partition coefficient (Wildman–Crippen LogP) is 16.0. The average molecular weight is 1100 g/mol. The van der Waals surface area contributed by atoms with Crippen LogP contribution in [0, 0.1) is 0 Å². The Kier molecular flexibility index (Phi) is 49.1. The van der Waals surface area contributed by atoms with Crippen molar-refractivity contribution >= 4 is 23.9 Å². The molecule has 79 heavy (non-hydrogen) atoms. The zero-order valence-corrected chi connectivity index (χ0v) is 49.1. The lowest BCUT2D eigenvalue weighted by Crippen LogP contribution is -2.61. The van der Waals surface area contributed by atoms with Crippen molar-refractivity contribution in [3.05, 3.63) is 122 Å². The number of aliphatic hydroxyl groups excluding tert-OH is 2. The van der Waals surface area contributed by atoms with Gasteiger partial charge < -0.3 is 39.0 Å². The summed E-state index contributed by atoms with van der Waals surface area (Å²) in [7, 11) is 0. The number of carboxylic acids is 1. The molecule has 0 saturated carbocycles. The molecule has 0 spiro atoms. The van der Waals surface area contributed by atoms with Gasteiger partial charge in [-0.25, -0.2) is 4.79 Å².